The number of carbonyl (C=O) groups is 1. The van der Waals surface area contributed by atoms with Crippen LogP contribution in [0.4, 0.5) is 4.39 Å². The minimum Gasteiger partial charge on any atom is -0.353 e. The van der Waals surface area contributed by atoms with Crippen LogP contribution >= 0.6 is 0 Å². The van der Waals surface area contributed by atoms with Crippen molar-refractivity contribution in [1.29, 1.82) is 0 Å². The van der Waals surface area contributed by atoms with Crippen LogP contribution < -0.4 is 10.6 Å². The zero-order valence-electron chi connectivity index (χ0n) is 14.5. The van der Waals surface area contributed by atoms with Crippen LogP contribution in [0.25, 0.3) is 0 Å². The molecule has 1 aromatic heterocycles. The van der Waals surface area contributed by atoms with Gasteiger partial charge in [-0.15, -0.1) is 0 Å². The molecule has 2 aromatic rings. The molecule has 0 spiro atoms. The maximum absolute atomic E-state index is 13.5. The number of aromatic nitrogens is 2. The van der Waals surface area contributed by atoms with Gasteiger partial charge in [0.25, 0.3) is 0 Å². The molecule has 2 unspecified atom stereocenters. The van der Waals surface area contributed by atoms with Crippen LogP contribution in [-0.4, -0.2) is 48.3 Å². The van der Waals surface area contributed by atoms with E-state index in [1.807, 2.05) is 25.1 Å². The number of likely N-dealkylation sites (N-methyl/N-ethyl adjacent to an activating group) is 2. The Morgan fingerprint density at radius 1 is 1.38 bits per heavy atom. The summed E-state index contributed by atoms with van der Waals surface area (Å²) < 4.78 is 15.1. The van der Waals surface area contributed by atoms with Gasteiger partial charge in [-0.3, -0.25) is 9.48 Å². The fraction of sp³-hybridized carbons (Fsp3) is 0.412. The first-order chi connectivity index (χ1) is 11.4. The average molecular weight is 333 g/mol. The van der Waals surface area contributed by atoms with E-state index in [0.29, 0.717) is 6.54 Å². The highest BCUT2D eigenvalue weighted by Crippen LogP contribution is 2.19. The number of aryl methyl sites for hydroxylation is 1. The maximum atomic E-state index is 13.5. The Labute approximate surface area is 141 Å². The van der Waals surface area contributed by atoms with Gasteiger partial charge < -0.3 is 15.5 Å². The first kappa shape index (κ1) is 18.1. The molecule has 1 aromatic carbocycles. The van der Waals surface area contributed by atoms with Crippen LogP contribution in [0, 0.1) is 5.82 Å². The molecule has 0 aliphatic carbocycles. The van der Waals surface area contributed by atoms with Crippen molar-refractivity contribution in [1.82, 2.24) is 25.3 Å². The number of hydrogen-bond donors (Lipinski definition) is 2. The molecular weight excluding hydrogens is 309 g/mol. The van der Waals surface area contributed by atoms with E-state index in [1.54, 1.807) is 37.2 Å². The van der Waals surface area contributed by atoms with Crippen LogP contribution in [0.5, 0.6) is 0 Å². The Morgan fingerprint density at radius 3 is 2.67 bits per heavy atom. The number of rotatable bonds is 7. The van der Waals surface area contributed by atoms with E-state index in [9.17, 15) is 9.18 Å². The first-order valence-corrected chi connectivity index (χ1v) is 7.77. The normalized spacial score (nSPS) is 13.8. The van der Waals surface area contributed by atoms with E-state index < -0.39 is 6.04 Å². The fourth-order valence-corrected chi connectivity index (χ4v) is 2.65. The molecule has 7 heteroatoms. The zero-order chi connectivity index (χ0) is 17.7. The van der Waals surface area contributed by atoms with Gasteiger partial charge in [-0.2, -0.15) is 5.10 Å². The molecule has 6 nitrogen and oxygen atoms in total. The summed E-state index contributed by atoms with van der Waals surface area (Å²) in [6.07, 6.45) is 3.47. The second-order valence-corrected chi connectivity index (χ2v) is 5.95. The van der Waals surface area contributed by atoms with Crippen LogP contribution in [-0.2, 0) is 11.8 Å². The van der Waals surface area contributed by atoms with Crippen molar-refractivity contribution in [3.8, 4) is 0 Å². The Bertz CT molecular complexity index is 685. The van der Waals surface area contributed by atoms with Gasteiger partial charge in [-0.1, -0.05) is 12.1 Å². The van der Waals surface area contributed by atoms with E-state index in [4.69, 9.17) is 0 Å². The summed E-state index contributed by atoms with van der Waals surface area (Å²) in [5, 5.41) is 10.0. The van der Waals surface area contributed by atoms with Crippen molar-refractivity contribution in [2.24, 2.45) is 7.05 Å². The number of benzene rings is 1. The SMILES string of the molecule is CNC(C(=O)NCC(c1cccc(F)c1)N(C)C)c1cnn(C)c1. The molecule has 2 N–H and O–H groups in total. The predicted octanol–water partition coefficient (Wildman–Crippen LogP) is 1.24. The van der Waals surface area contributed by atoms with Gasteiger partial charge >= 0.3 is 0 Å². The van der Waals surface area contributed by atoms with Crippen molar-refractivity contribution in [3.63, 3.8) is 0 Å². The van der Waals surface area contributed by atoms with E-state index in [-0.39, 0.29) is 17.8 Å². The maximum Gasteiger partial charge on any atom is 0.241 e. The molecule has 2 rings (SSSR count). The van der Waals surface area contributed by atoms with Crippen molar-refractivity contribution in [2.75, 3.05) is 27.7 Å². The Morgan fingerprint density at radius 2 is 2.12 bits per heavy atom. The molecule has 0 saturated carbocycles. The number of hydrogen-bond acceptors (Lipinski definition) is 4. The number of halogens is 1. The number of amides is 1. The second-order valence-electron chi connectivity index (χ2n) is 5.95. The molecule has 1 amide bonds. The second kappa shape index (κ2) is 8.03. The van der Waals surface area contributed by atoms with Gasteiger partial charge in [-0.25, -0.2) is 4.39 Å². The summed E-state index contributed by atoms with van der Waals surface area (Å²) in [4.78, 5) is 14.5. The first-order valence-electron chi connectivity index (χ1n) is 7.77. The molecular formula is C17H24FN5O. The van der Waals surface area contributed by atoms with Gasteiger partial charge in [0.05, 0.1) is 12.2 Å². The van der Waals surface area contributed by atoms with Crippen molar-refractivity contribution in [2.45, 2.75) is 12.1 Å². The monoisotopic (exact) mass is 333 g/mol. The Kier molecular flexibility index (Phi) is 6.05. The van der Waals surface area contributed by atoms with E-state index in [0.717, 1.165) is 11.1 Å². The van der Waals surface area contributed by atoms with Gasteiger partial charge in [0.1, 0.15) is 11.9 Å². The highest BCUT2D eigenvalue weighted by molar-refractivity contribution is 5.83. The highest BCUT2D eigenvalue weighted by Gasteiger charge is 2.22. The van der Waals surface area contributed by atoms with Crippen LogP contribution in [0.1, 0.15) is 23.2 Å². The minimum absolute atomic E-state index is 0.115. The third-order valence-electron chi connectivity index (χ3n) is 3.94. The summed E-state index contributed by atoms with van der Waals surface area (Å²) in [6, 6.07) is 5.85. The van der Waals surface area contributed by atoms with Crippen LogP contribution in [0.3, 0.4) is 0 Å². The average Bonchev–Trinajstić information content (AvgIpc) is 2.94. The predicted molar refractivity (Wildman–Crippen MR) is 90.8 cm³/mol. The summed E-state index contributed by atoms with van der Waals surface area (Å²) >= 11 is 0. The lowest BCUT2D eigenvalue weighted by atomic mass is 10.1. The summed E-state index contributed by atoms with van der Waals surface area (Å²) in [7, 11) is 7.34. The number of nitrogens with one attached hydrogen (secondary N) is 2. The van der Waals surface area contributed by atoms with Crippen LogP contribution in [0.15, 0.2) is 36.7 Å². The van der Waals surface area contributed by atoms with E-state index in [2.05, 4.69) is 15.7 Å². The molecule has 2 atom stereocenters. The largest absolute Gasteiger partial charge is 0.353 e. The van der Waals surface area contributed by atoms with Crippen molar-refractivity contribution < 1.29 is 9.18 Å². The topological polar surface area (TPSA) is 62.2 Å². The molecule has 0 aliphatic rings. The van der Waals surface area contributed by atoms with Gasteiger partial charge in [-0.05, 0) is 38.8 Å². The van der Waals surface area contributed by atoms with Gasteiger partial charge in [0.15, 0.2) is 0 Å². The summed E-state index contributed by atoms with van der Waals surface area (Å²) in [5.41, 5.74) is 1.62. The smallest absolute Gasteiger partial charge is 0.241 e. The van der Waals surface area contributed by atoms with E-state index in [1.165, 1.54) is 12.1 Å². The van der Waals surface area contributed by atoms with E-state index >= 15 is 0 Å². The number of nitrogens with zero attached hydrogens (tertiary/aromatic N) is 3. The zero-order valence-corrected chi connectivity index (χ0v) is 14.5. The Balaban J connectivity index is 2.07. The molecule has 0 radical (unpaired) electrons. The Hall–Kier alpha value is -2.25. The van der Waals surface area contributed by atoms with Gasteiger partial charge in [0, 0.05) is 25.4 Å². The standard InChI is InChI=1S/C17H24FN5O/c1-19-16(13-9-21-23(4)11-13)17(24)20-10-15(22(2)3)12-6-5-7-14(18)8-12/h5-9,11,15-16,19H,10H2,1-4H3,(H,20,24). The quantitative estimate of drug-likeness (QED) is 0.800. The minimum atomic E-state index is -0.478. The summed E-state index contributed by atoms with van der Waals surface area (Å²) in [6.45, 7) is 0.383. The third kappa shape index (κ3) is 4.39. The van der Waals surface area contributed by atoms with Crippen LogP contribution in [0.2, 0.25) is 0 Å². The lowest BCUT2D eigenvalue weighted by molar-refractivity contribution is -0.123. The lowest BCUT2D eigenvalue weighted by Crippen LogP contribution is -2.40. The highest BCUT2D eigenvalue weighted by atomic mass is 19.1. The molecule has 0 saturated heterocycles. The lowest BCUT2D eigenvalue weighted by Gasteiger charge is -2.26. The third-order valence-corrected chi connectivity index (χ3v) is 3.94. The van der Waals surface area contributed by atoms with Crippen molar-refractivity contribution >= 4 is 5.91 Å². The molecule has 0 fully saturated rings. The molecule has 130 valence electrons. The van der Waals surface area contributed by atoms with Crippen molar-refractivity contribution in [3.05, 3.63) is 53.6 Å². The molecule has 1 heterocycles. The van der Waals surface area contributed by atoms with Gasteiger partial charge in [0.2, 0.25) is 5.91 Å². The number of carbonyl (C=O) groups excluding carboxylic acids is 1. The molecule has 0 aliphatic heterocycles. The summed E-state index contributed by atoms with van der Waals surface area (Å²) in [5.74, 6) is -0.428. The fourth-order valence-electron chi connectivity index (χ4n) is 2.65. The molecule has 24 heavy (non-hydrogen) atoms. The molecule has 0 bridgehead atoms.